The van der Waals surface area contributed by atoms with Crippen LogP contribution in [0.3, 0.4) is 0 Å². The van der Waals surface area contributed by atoms with Gasteiger partial charge in [0, 0.05) is 39.0 Å². The number of hydrogen-bond acceptors (Lipinski definition) is 5. The molecule has 0 radical (unpaired) electrons. The Morgan fingerprint density at radius 3 is 2.93 bits per heavy atom. The molecule has 1 fully saturated rings. The number of fused-ring (bicyclic) bond motifs is 1. The van der Waals surface area contributed by atoms with E-state index in [4.69, 9.17) is 9.47 Å². The van der Waals surface area contributed by atoms with Crippen LogP contribution in [0.1, 0.15) is 42.1 Å². The van der Waals surface area contributed by atoms with Crippen LogP contribution in [0.4, 0.5) is 0 Å². The second kappa shape index (κ2) is 8.18. The first-order valence-corrected chi connectivity index (χ1v) is 9.50. The summed E-state index contributed by atoms with van der Waals surface area (Å²) < 4.78 is 11.1. The number of amides is 3. The molecule has 3 amide bonds. The van der Waals surface area contributed by atoms with Crippen molar-refractivity contribution in [1.82, 2.24) is 15.5 Å². The number of hydrogen-bond donors (Lipinski definition) is 2. The van der Waals surface area contributed by atoms with Crippen LogP contribution in [-0.4, -0.2) is 61.2 Å². The molecule has 0 unspecified atom stereocenters. The van der Waals surface area contributed by atoms with E-state index in [-0.39, 0.29) is 36.7 Å². The molecule has 1 spiro atoms. The minimum Gasteiger partial charge on any atom is -0.467 e. The summed E-state index contributed by atoms with van der Waals surface area (Å²) in [5, 5.41) is 5.75. The first-order chi connectivity index (χ1) is 13.3. The lowest BCUT2D eigenvalue weighted by Crippen LogP contribution is -2.56. The van der Waals surface area contributed by atoms with Crippen LogP contribution in [0.15, 0.2) is 18.2 Å². The van der Waals surface area contributed by atoms with E-state index in [2.05, 4.69) is 10.6 Å². The summed E-state index contributed by atoms with van der Waals surface area (Å²) in [6.45, 7) is 4.46. The molecule has 8 nitrogen and oxygen atoms in total. The maximum absolute atomic E-state index is 12.6. The standard InChI is InChI=1S/C20H27N3O5/c1-13-4-5-16-15(10-13)19(26)22-20(28-16)7-6-18(25)23(9-8-20)11-17(24)21-14(2)12-27-3/h4-5,10,14H,6-9,11-12H2,1-3H3,(H,21,24)(H,22,26)/t14-,20-/m1/s1. The quantitative estimate of drug-likeness (QED) is 0.782. The smallest absolute Gasteiger partial charge is 0.258 e. The van der Waals surface area contributed by atoms with Gasteiger partial charge in [-0.05, 0) is 26.0 Å². The molecule has 0 aliphatic carbocycles. The molecular formula is C20H27N3O5. The molecule has 28 heavy (non-hydrogen) atoms. The zero-order valence-electron chi connectivity index (χ0n) is 16.5. The van der Waals surface area contributed by atoms with Crippen LogP contribution in [0.25, 0.3) is 0 Å². The van der Waals surface area contributed by atoms with Gasteiger partial charge in [-0.2, -0.15) is 0 Å². The molecule has 2 aliphatic heterocycles. The number of benzene rings is 1. The third-order valence-corrected chi connectivity index (χ3v) is 5.07. The van der Waals surface area contributed by atoms with Gasteiger partial charge in [0.15, 0.2) is 5.72 Å². The fourth-order valence-electron chi connectivity index (χ4n) is 3.63. The van der Waals surface area contributed by atoms with E-state index in [1.54, 1.807) is 19.2 Å². The molecular weight excluding hydrogens is 362 g/mol. The lowest BCUT2D eigenvalue weighted by atomic mass is 9.99. The Morgan fingerprint density at radius 2 is 2.18 bits per heavy atom. The summed E-state index contributed by atoms with van der Waals surface area (Å²) in [7, 11) is 1.57. The Morgan fingerprint density at radius 1 is 1.39 bits per heavy atom. The van der Waals surface area contributed by atoms with Crippen LogP contribution in [0, 0.1) is 6.92 Å². The first-order valence-electron chi connectivity index (χ1n) is 9.50. The number of ether oxygens (including phenoxy) is 2. The van der Waals surface area contributed by atoms with Crippen LogP contribution in [0.2, 0.25) is 0 Å². The van der Waals surface area contributed by atoms with Crippen molar-refractivity contribution in [2.45, 2.75) is 44.9 Å². The van der Waals surface area contributed by atoms with Gasteiger partial charge >= 0.3 is 0 Å². The summed E-state index contributed by atoms with van der Waals surface area (Å²) in [6.07, 6.45) is 0.976. The average Bonchev–Trinajstić information content (AvgIpc) is 2.77. The van der Waals surface area contributed by atoms with Crippen molar-refractivity contribution in [3.8, 4) is 5.75 Å². The Hall–Kier alpha value is -2.61. The highest BCUT2D eigenvalue weighted by Crippen LogP contribution is 2.34. The molecule has 1 aromatic carbocycles. The van der Waals surface area contributed by atoms with Gasteiger partial charge in [-0.1, -0.05) is 11.6 Å². The number of aryl methyl sites for hydroxylation is 1. The number of carbonyl (C=O) groups excluding carboxylic acids is 3. The van der Waals surface area contributed by atoms with Crippen molar-refractivity contribution < 1.29 is 23.9 Å². The molecule has 2 atom stereocenters. The Bertz CT molecular complexity index is 781. The summed E-state index contributed by atoms with van der Waals surface area (Å²) in [5.74, 6) is -0.0272. The van der Waals surface area contributed by atoms with Gasteiger partial charge in [0.1, 0.15) is 5.75 Å². The fourth-order valence-corrected chi connectivity index (χ4v) is 3.63. The lowest BCUT2D eigenvalue weighted by molar-refractivity contribution is -0.135. The maximum Gasteiger partial charge on any atom is 0.258 e. The van der Waals surface area contributed by atoms with E-state index >= 15 is 0 Å². The third-order valence-electron chi connectivity index (χ3n) is 5.07. The monoisotopic (exact) mass is 389 g/mol. The molecule has 2 N–H and O–H groups in total. The van der Waals surface area contributed by atoms with Crippen molar-refractivity contribution in [2.24, 2.45) is 0 Å². The molecule has 0 bridgehead atoms. The second-order valence-electron chi connectivity index (χ2n) is 7.54. The van der Waals surface area contributed by atoms with Crippen molar-refractivity contribution in [3.05, 3.63) is 29.3 Å². The first kappa shape index (κ1) is 20.1. The molecule has 152 valence electrons. The summed E-state index contributed by atoms with van der Waals surface area (Å²) in [6, 6.07) is 5.34. The molecule has 0 aromatic heterocycles. The van der Waals surface area contributed by atoms with Gasteiger partial charge < -0.3 is 25.0 Å². The third kappa shape index (κ3) is 4.44. The van der Waals surface area contributed by atoms with Crippen molar-refractivity contribution in [3.63, 3.8) is 0 Å². The van der Waals surface area contributed by atoms with E-state index in [1.165, 1.54) is 4.90 Å². The van der Waals surface area contributed by atoms with Crippen LogP contribution in [-0.2, 0) is 14.3 Å². The zero-order chi connectivity index (χ0) is 20.3. The van der Waals surface area contributed by atoms with Crippen molar-refractivity contribution in [2.75, 3.05) is 26.8 Å². The Balaban J connectivity index is 1.67. The van der Waals surface area contributed by atoms with Gasteiger partial charge in [-0.3, -0.25) is 14.4 Å². The van der Waals surface area contributed by atoms with E-state index in [0.717, 1.165) is 5.56 Å². The van der Waals surface area contributed by atoms with E-state index in [1.807, 2.05) is 19.9 Å². The van der Waals surface area contributed by atoms with Crippen LogP contribution in [0.5, 0.6) is 5.75 Å². The lowest BCUT2D eigenvalue weighted by Gasteiger charge is -2.38. The molecule has 2 aliphatic rings. The van der Waals surface area contributed by atoms with Gasteiger partial charge in [-0.15, -0.1) is 0 Å². The predicted octanol–water partition coefficient (Wildman–Crippen LogP) is 0.977. The highest BCUT2D eigenvalue weighted by atomic mass is 16.5. The van der Waals surface area contributed by atoms with Gasteiger partial charge in [0.05, 0.1) is 18.7 Å². The Kier molecular flexibility index (Phi) is 5.88. The maximum atomic E-state index is 12.6. The molecule has 1 saturated heterocycles. The van der Waals surface area contributed by atoms with Crippen molar-refractivity contribution >= 4 is 17.7 Å². The second-order valence-corrected chi connectivity index (χ2v) is 7.54. The highest BCUT2D eigenvalue weighted by Gasteiger charge is 2.42. The Labute approximate surface area is 164 Å². The van der Waals surface area contributed by atoms with E-state index in [9.17, 15) is 14.4 Å². The minimum atomic E-state index is -0.927. The highest BCUT2D eigenvalue weighted by molar-refractivity contribution is 5.98. The largest absolute Gasteiger partial charge is 0.467 e. The van der Waals surface area contributed by atoms with Crippen molar-refractivity contribution in [1.29, 1.82) is 0 Å². The fraction of sp³-hybridized carbons (Fsp3) is 0.550. The van der Waals surface area contributed by atoms with Gasteiger partial charge in [0.25, 0.3) is 5.91 Å². The minimum absolute atomic E-state index is 0.0211. The molecule has 1 aromatic rings. The van der Waals surface area contributed by atoms with E-state index < -0.39 is 5.72 Å². The van der Waals surface area contributed by atoms with Gasteiger partial charge in [-0.25, -0.2) is 0 Å². The summed E-state index contributed by atoms with van der Waals surface area (Å²) in [5.41, 5.74) is 0.553. The normalized spacial score (nSPS) is 22.8. The molecule has 2 heterocycles. The zero-order valence-corrected chi connectivity index (χ0v) is 16.5. The number of methoxy groups -OCH3 is 1. The summed E-state index contributed by atoms with van der Waals surface area (Å²) in [4.78, 5) is 38.8. The number of carbonyl (C=O) groups is 3. The number of nitrogens with one attached hydrogen (secondary N) is 2. The van der Waals surface area contributed by atoms with Gasteiger partial charge in [0.2, 0.25) is 11.8 Å². The molecule has 0 saturated carbocycles. The predicted molar refractivity (Wildman–Crippen MR) is 102 cm³/mol. The summed E-state index contributed by atoms with van der Waals surface area (Å²) >= 11 is 0. The number of nitrogens with zero attached hydrogens (tertiary/aromatic N) is 1. The van der Waals surface area contributed by atoms with E-state index in [0.29, 0.717) is 37.3 Å². The number of likely N-dealkylation sites (tertiary alicyclic amines) is 1. The average molecular weight is 389 g/mol. The van der Waals surface area contributed by atoms with Crippen LogP contribution < -0.4 is 15.4 Å². The SMILES string of the molecule is COC[C@@H](C)NC(=O)CN1CC[C@]2(CCC1=O)NC(=O)c1cc(C)ccc1O2. The molecule has 8 heteroatoms. The molecule has 3 rings (SSSR count). The van der Waals surface area contributed by atoms with Crippen LogP contribution >= 0.6 is 0 Å². The topological polar surface area (TPSA) is 97.0 Å². The number of rotatable bonds is 5.